The van der Waals surface area contributed by atoms with E-state index < -0.39 is 11.9 Å². The molecule has 1 aliphatic heterocycles. The minimum Gasteiger partial charge on any atom is -0.383 e. The van der Waals surface area contributed by atoms with Crippen LogP contribution in [-0.4, -0.2) is 32.3 Å². The van der Waals surface area contributed by atoms with Crippen molar-refractivity contribution in [3.63, 3.8) is 0 Å². The molecule has 0 spiro atoms. The van der Waals surface area contributed by atoms with Crippen LogP contribution in [0.1, 0.15) is 48.4 Å². The van der Waals surface area contributed by atoms with Gasteiger partial charge in [-0.1, -0.05) is 49.6 Å². The maximum Gasteiger partial charge on any atom is 0.433 e. The van der Waals surface area contributed by atoms with E-state index in [1.54, 1.807) is 6.07 Å². The molecule has 196 valence electrons. The number of allylic oxidation sites excluding steroid dienone is 1. The highest BCUT2D eigenvalue weighted by Crippen LogP contribution is 2.40. The maximum atomic E-state index is 13.0. The number of likely N-dealkylation sites (tertiary alicyclic amines) is 1. The summed E-state index contributed by atoms with van der Waals surface area (Å²) in [6.07, 6.45) is 2.32. The first-order valence-electron chi connectivity index (χ1n) is 12.3. The van der Waals surface area contributed by atoms with Gasteiger partial charge in [0.05, 0.1) is 12.6 Å². The van der Waals surface area contributed by atoms with E-state index in [9.17, 15) is 17.6 Å². The average Bonchev–Trinajstić information content (AvgIpc) is 3.39. The van der Waals surface area contributed by atoms with E-state index >= 15 is 0 Å². The van der Waals surface area contributed by atoms with Crippen LogP contribution in [0, 0.1) is 5.95 Å². The Balaban J connectivity index is 0.000000265. The summed E-state index contributed by atoms with van der Waals surface area (Å²) in [5.74, 6) is 0.179. The second-order valence-electron chi connectivity index (χ2n) is 9.31. The largest absolute Gasteiger partial charge is 0.433 e. The van der Waals surface area contributed by atoms with Crippen LogP contribution >= 0.6 is 0 Å². The lowest BCUT2D eigenvalue weighted by Crippen LogP contribution is -2.36. The number of benzene rings is 1. The van der Waals surface area contributed by atoms with Gasteiger partial charge in [0.25, 0.3) is 0 Å². The fourth-order valence-electron chi connectivity index (χ4n) is 4.50. The Bertz CT molecular complexity index is 1200. The topological polar surface area (TPSA) is 46.0 Å². The molecule has 1 unspecified atom stereocenters. The Morgan fingerprint density at radius 1 is 1.00 bits per heavy atom. The zero-order valence-electron chi connectivity index (χ0n) is 20.6. The van der Waals surface area contributed by atoms with Crippen molar-refractivity contribution >= 4 is 0 Å². The first-order chi connectivity index (χ1) is 17.7. The van der Waals surface area contributed by atoms with E-state index in [0.29, 0.717) is 18.2 Å². The van der Waals surface area contributed by atoms with Crippen molar-refractivity contribution < 1.29 is 17.6 Å². The number of pyridine rings is 1. The molecule has 5 rings (SSSR count). The number of nitrogens with one attached hydrogen (secondary N) is 1. The van der Waals surface area contributed by atoms with Crippen LogP contribution in [0.4, 0.5) is 17.6 Å². The van der Waals surface area contributed by atoms with Gasteiger partial charge in [0, 0.05) is 42.4 Å². The van der Waals surface area contributed by atoms with Crippen LogP contribution in [0.2, 0.25) is 0 Å². The van der Waals surface area contributed by atoms with Crippen molar-refractivity contribution in [2.45, 2.75) is 56.9 Å². The van der Waals surface area contributed by atoms with Crippen molar-refractivity contribution in [2.24, 2.45) is 0 Å². The summed E-state index contributed by atoms with van der Waals surface area (Å²) in [6.45, 7) is 9.57. The standard InChI is InChI=1S/C20H23F3N4.C8H8FN/c1-15(14-27-19(10-11-25-27)20(21,22)23)26-12-6-9-18(26)16(2)24-13-17-7-4-3-5-8-17;9-8-7(6-3-4-6)2-1-5-10-8/h3-5,7-8,10-11,18,24H,1-2,6,9,12-14H2;1-2,5-6H,3-4H2. The summed E-state index contributed by atoms with van der Waals surface area (Å²) in [4.78, 5) is 5.60. The Hall–Kier alpha value is -3.62. The van der Waals surface area contributed by atoms with Gasteiger partial charge in [0.1, 0.15) is 5.69 Å². The third-order valence-electron chi connectivity index (χ3n) is 6.57. The van der Waals surface area contributed by atoms with Gasteiger partial charge in [-0.3, -0.25) is 4.68 Å². The first kappa shape index (κ1) is 26.4. The number of rotatable bonds is 8. The lowest BCUT2D eigenvalue weighted by atomic mass is 10.1. The summed E-state index contributed by atoms with van der Waals surface area (Å²) in [5.41, 5.74) is 2.64. The van der Waals surface area contributed by atoms with Gasteiger partial charge in [-0.2, -0.15) is 22.7 Å². The Morgan fingerprint density at radius 2 is 1.76 bits per heavy atom. The van der Waals surface area contributed by atoms with Gasteiger partial charge in [-0.25, -0.2) is 4.98 Å². The highest BCUT2D eigenvalue weighted by Gasteiger charge is 2.35. The highest BCUT2D eigenvalue weighted by atomic mass is 19.4. The number of halogens is 4. The quantitative estimate of drug-likeness (QED) is 0.284. The highest BCUT2D eigenvalue weighted by molar-refractivity contribution is 5.21. The van der Waals surface area contributed by atoms with E-state index in [2.05, 4.69) is 28.6 Å². The molecule has 3 aromatic rings. The second-order valence-corrected chi connectivity index (χ2v) is 9.31. The zero-order chi connectivity index (χ0) is 26.4. The molecule has 2 aliphatic rings. The summed E-state index contributed by atoms with van der Waals surface area (Å²) in [6, 6.07) is 14.6. The monoisotopic (exact) mass is 513 g/mol. The summed E-state index contributed by atoms with van der Waals surface area (Å²) in [7, 11) is 0. The first-order valence-corrected chi connectivity index (χ1v) is 12.3. The zero-order valence-corrected chi connectivity index (χ0v) is 20.6. The Labute approximate surface area is 214 Å². The smallest absolute Gasteiger partial charge is 0.383 e. The van der Waals surface area contributed by atoms with Crippen LogP contribution in [0.5, 0.6) is 0 Å². The van der Waals surface area contributed by atoms with Crippen LogP contribution in [0.3, 0.4) is 0 Å². The molecule has 1 aromatic carbocycles. The molecule has 1 saturated carbocycles. The molecule has 2 fully saturated rings. The molecule has 9 heteroatoms. The van der Waals surface area contributed by atoms with Crippen LogP contribution < -0.4 is 5.32 Å². The number of aromatic nitrogens is 3. The predicted octanol–water partition coefficient (Wildman–Crippen LogP) is 6.28. The molecule has 0 amide bonds. The van der Waals surface area contributed by atoms with E-state index in [-0.39, 0.29) is 18.5 Å². The van der Waals surface area contributed by atoms with E-state index in [0.717, 1.165) is 66.0 Å². The number of hydrogen-bond donors (Lipinski definition) is 1. The molecule has 37 heavy (non-hydrogen) atoms. The van der Waals surface area contributed by atoms with Crippen LogP contribution in [-0.2, 0) is 19.3 Å². The molecular formula is C28H31F4N5. The molecule has 3 heterocycles. The second kappa shape index (κ2) is 11.6. The molecule has 1 atom stereocenters. The Morgan fingerprint density at radius 3 is 2.43 bits per heavy atom. The maximum absolute atomic E-state index is 13.0. The van der Waals surface area contributed by atoms with Gasteiger partial charge in [0.2, 0.25) is 5.95 Å². The fourth-order valence-corrected chi connectivity index (χ4v) is 4.50. The fraction of sp³-hybridized carbons (Fsp3) is 0.357. The van der Waals surface area contributed by atoms with E-state index in [1.807, 2.05) is 41.3 Å². The van der Waals surface area contributed by atoms with Gasteiger partial charge in [-0.05, 0) is 49.3 Å². The SMILES string of the molecule is C=C(NCc1ccccc1)C1CCCN1C(=C)Cn1nccc1C(F)(F)F.Fc1ncccc1C1CC1. The van der Waals surface area contributed by atoms with Crippen molar-refractivity contribution in [1.29, 1.82) is 0 Å². The molecule has 0 radical (unpaired) electrons. The van der Waals surface area contributed by atoms with Crippen molar-refractivity contribution in [3.05, 3.63) is 108 Å². The molecule has 5 nitrogen and oxygen atoms in total. The third-order valence-corrected chi connectivity index (χ3v) is 6.57. The lowest BCUT2D eigenvalue weighted by molar-refractivity contribution is -0.144. The molecule has 1 saturated heterocycles. The Kier molecular flexibility index (Phi) is 8.31. The summed E-state index contributed by atoms with van der Waals surface area (Å²) < 4.78 is 52.9. The van der Waals surface area contributed by atoms with Gasteiger partial charge < -0.3 is 10.2 Å². The van der Waals surface area contributed by atoms with Crippen LogP contribution in [0.15, 0.2) is 85.5 Å². The van der Waals surface area contributed by atoms with Gasteiger partial charge in [-0.15, -0.1) is 0 Å². The third kappa shape index (κ3) is 6.99. The van der Waals surface area contributed by atoms with E-state index in [4.69, 9.17) is 0 Å². The number of nitrogens with zero attached hydrogens (tertiary/aromatic N) is 4. The van der Waals surface area contributed by atoms with Crippen molar-refractivity contribution in [3.8, 4) is 0 Å². The predicted molar refractivity (Wildman–Crippen MR) is 135 cm³/mol. The lowest BCUT2D eigenvalue weighted by Gasteiger charge is -2.31. The number of hydrogen-bond acceptors (Lipinski definition) is 4. The molecule has 2 aromatic heterocycles. The minimum absolute atomic E-state index is 0.00427. The minimum atomic E-state index is -4.43. The van der Waals surface area contributed by atoms with Gasteiger partial charge in [0.15, 0.2) is 0 Å². The molecule has 1 aliphatic carbocycles. The number of alkyl halides is 3. The average molecular weight is 514 g/mol. The van der Waals surface area contributed by atoms with Crippen LogP contribution in [0.25, 0.3) is 0 Å². The summed E-state index contributed by atoms with van der Waals surface area (Å²) >= 11 is 0. The molecule has 1 N–H and O–H groups in total. The van der Waals surface area contributed by atoms with E-state index in [1.165, 1.54) is 6.20 Å². The molecule has 0 bridgehead atoms. The van der Waals surface area contributed by atoms with Crippen molar-refractivity contribution in [2.75, 3.05) is 6.54 Å². The molecular weight excluding hydrogens is 482 g/mol. The summed E-state index contributed by atoms with van der Waals surface area (Å²) in [5, 5.41) is 7.15. The normalized spacial score (nSPS) is 17.2. The van der Waals surface area contributed by atoms with Crippen molar-refractivity contribution in [1.82, 2.24) is 25.0 Å². The van der Waals surface area contributed by atoms with Gasteiger partial charge >= 0.3 is 6.18 Å².